The average Bonchev–Trinajstić information content (AvgIpc) is 2.72. The minimum Gasteiger partial charge on any atom is -0.458 e. The van der Waals surface area contributed by atoms with Crippen LogP contribution in [0.4, 0.5) is 4.79 Å². The van der Waals surface area contributed by atoms with Crippen LogP contribution in [0.5, 0.6) is 0 Å². The van der Waals surface area contributed by atoms with Crippen LogP contribution in [0.1, 0.15) is 53.5 Å². The molecule has 2 rings (SSSR count). The number of rotatable bonds is 9. The molecule has 0 N–H and O–H groups in total. The molecule has 5 atom stereocenters. The van der Waals surface area contributed by atoms with E-state index in [0.717, 1.165) is 5.56 Å². The smallest absolute Gasteiger partial charge is 0.410 e. The summed E-state index contributed by atoms with van der Waals surface area (Å²) in [5.74, 6) is -0.464. The molecule has 32 heavy (non-hydrogen) atoms. The van der Waals surface area contributed by atoms with Crippen molar-refractivity contribution in [3.8, 4) is 0 Å². The molecule has 0 spiro atoms. The summed E-state index contributed by atoms with van der Waals surface area (Å²) >= 11 is 0. The average molecular weight is 452 g/mol. The van der Waals surface area contributed by atoms with Crippen molar-refractivity contribution >= 4 is 12.1 Å². The Balaban J connectivity index is 2.25. The highest BCUT2D eigenvalue weighted by molar-refractivity contribution is 5.69. The van der Waals surface area contributed by atoms with Crippen LogP contribution in [0.15, 0.2) is 30.3 Å². The van der Waals surface area contributed by atoms with Gasteiger partial charge in [0.05, 0.1) is 12.7 Å². The highest BCUT2D eigenvalue weighted by Crippen LogP contribution is 2.30. The van der Waals surface area contributed by atoms with E-state index >= 15 is 0 Å². The van der Waals surface area contributed by atoms with Gasteiger partial charge in [0.15, 0.2) is 12.4 Å². The Morgan fingerprint density at radius 1 is 1.06 bits per heavy atom. The SMILES string of the molecule is CO[C@H]1C[C@H](OC(C)=O)[C@H](OC(=O)N(C(C)C)C(C)C)[C@@H]([C@H](C)OCc2ccccc2)O1. The predicted octanol–water partition coefficient (Wildman–Crippen LogP) is 3.91. The molecule has 0 unspecified atom stereocenters. The van der Waals surface area contributed by atoms with Gasteiger partial charge < -0.3 is 28.6 Å². The number of amides is 1. The van der Waals surface area contributed by atoms with Crippen molar-refractivity contribution in [1.82, 2.24) is 4.90 Å². The first-order chi connectivity index (χ1) is 15.1. The van der Waals surface area contributed by atoms with Crippen molar-refractivity contribution in [3.05, 3.63) is 35.9 Å². The molecule has 1 heterocycles. The number of carbonyl (C=O) groups excluding carboxylic acids is 2. The first-order valence-electron chi connectivity index (χ1n) is 11.1. The number of benzene rings is 1. The second kappa shape index (κ2) is 12.2. The first-order valence-corrected chi connectivity index (χ1v) is 11.1. The molecule has 0 aromatic heterocycles. The number of ether oxygens (including phenoxy) is 5. The maximum Gasteiger partial charge on any atom is 0.410 e. The van der Waals surface area contributed by atoms with Gasteiger partial charge in [0.2, 0.25) is 0 Å². The van der Waals surface area contributed by atoms with Crippen molar-refractivity contribution in [3.63, 3.8) is 0 Å². The van der Waals surface area contributed by atoms with E-state index in [9.17, 15) is 9.59 Å². The third-order valence-corrected chi connectivity index (χ3v) is 5.38. The van der Waals surface area contributed by atoms with E-state index in [1.54, 1.807) is 4.90 Å². The zero-order valence-corrected chi connectivity index (χ0v) is 20.1. The Hall–Kier alpha value is -2.16. The summed E-state index contributed by atoms with van der Waals surface area (Å²) in [6.07, 6.45) is -3.57. The van der Waals surface area contributed by atoms with Crippen LogP contribution >= 0.6 is 0 Å². The Kier molecular flexibility index (Phi) is 9.93. The fraction of sp³-hybridized carbons (Fsp3) is 0.667. The largest absolute Gasteiger partial charge is 0.458 e. The standard InChI is InChI=1S/C24H37NO7/c1-15(2)25(16(3)4)24(27)32-23-20(30-18(6)26)13-21(28-7)31-22(23)17(5)29-14-19-11-9-8-10-12-19/h8-12,15-17,20-23H,13-14H2,1-7H3/t17-,20-,21+,22+,23-/m0/s1. The van der Waals surface area contributed by atoms with E-state index < -0.39 is 42.8 Å². The number of esters is 1. The minimum absolute atomic E-state index is 0.0592. The van der Waals surface area contributed by atoms with Crippen LogP contribution in [0.3, 0.4) is 0 Å². The Labute approximate surface area is 191 Å². The molecule has 0 aliphatic carbocycles. The van der Waals surface area contributed by atoms with E-state index in [1.165, 1.54) is 14.0 Å². The van der Waals surface area contributed by atoms with Crippen molar-refractivity contribution in [2.24, 2.45) is 0 Å². The second-order valence-electron chi connectivity index (χ2n) is 8.59. The monoisotopic (exact) mass is 451 g/mol. The maximum atomic E-state index is 13.1. The van der Waals surface area contributed by atoms with Gasteiger partial charge in [-0.1, -0.05) is 30.3 Å². The lowest BCUT2D eigenvalue weighted by Crippen LogP contribution is -2.58. The van der Waals surface area contributed by atoms with Crippen molar-refractivity contribution < 1.29 is 33.3 Å². The molecule has 1 amide bonds. The molecule has 1 aliphatic heterocycles. The fourth-order valence-electron chi connectivity index (χ4n) is 3.94. The lowest BCUT2D eigenvalue weighted by molar-refractivity contribution is -0.269. The van der Waals surface area contributed by atoms with Gasteiger partial charge in [-0.2, -0.15) is 0 Å². The topological polar surface area (TPSA) is 83.5 Å². The summed E-state index contributed by atoms with van der Waals surface area (Å²) in [7, 11) is 1.52. The van der Waals surface area contributed by atoms with Crippen LogP contribution < -0.4 is 0 Å². The van der Waals surface area contributed by atoms with E-state index in [0.29, 0.717) is 6.61 Å². The third kappa shape index (κ3) is 7.18. The molecule has 8 nitrogen and oxygen atoms in total. The van der Waals surface area contributed by atoms with Gasteiger partial charge in [0.25, 0.3) is 0 Å². The number of nitrogens with zero attached hydrogens (tertiary/aromatic N) is 1. The van der Waals surface area contributed by atoms with Crippen LogP contribution in [-0.2, 0) is 35.1 Å². The summed E-state index contributed by atoms with van der Waals surface area (Å²) in [6, 6.07) is 9.63. The zero-order chi connectivity index (χ0) is 23.8. The molecular formula is C24H37NO7. The van der Waals surface area contributed by atoms with Gasteiger partial charge in [-0.05, 0) is 40.2 Å². The van der Waals surface area contributed by atoms with Gasteiger partial charge in [-0.3, -0.25) is 4.79 Å². The van der Waals surface area contributed by atoms with Gasteiger partial charge in [0.1, 0.15) is 12.2 Å². The highest BCUT2D eigenvalue weighted by atomic mass is 16.7. The van der Waals surface area contributed by atoms with Gasteiger partial charge in [-0.25, -0.2) is 4.79 Å². The van der Waals surface area contributed by atoms with E-state index in [-0.39, 0.29) is 18.5 Å². The maximum absolute atomic E-state index is 13.1. The molecule has 180 valence electrons. The molecule has 1 aromatic rings. The summed E-state index contributed by atoms with van der Waals surface area (Å²) in [6.45, 7) is 11.2. The van der Waals surface area contributed by atoms with Crippen LogP contribution in [0.2, 0.25) is 0 Å². The second-order valence-corrected chi connectivity index (χ2v) is 8.59. The molecule has 1 aromatic carbocycles. The molecule has 0 bridgehead atoms. The normalized spacial score (nSPS) is 24.3. The van der Waals surface area contributed by atoms with Crippen molar-refractivity contribution in [2.45, 2.75) is 97.4 Å². The lowest BCUT2D eigenvalue weighted by Gasteiger charge is -2.43. The summed E-state index contributed by atoms with van der Waals surface area (Å²) in [5, 5.41) is 0. The minimum atomic E-state index is -0.844. The van der Waals surface area contributed by atoms with Crippen LogP contribution in [0.25, 0.3) is 0 Å². The third-order valence-electron chi connectivity index (χ3n) is 5.38. The van der Waals surface area contributed by atoms with Crippen LogP contribution in [-0.4, -0.2) is 66.9 Å². The molecule has 0 radical (unpaired) electrons. The van der Waals surface area contributed by atoms with Gasteiger partial charge in [-0.15, -0.1) is 0 Å². The Morgan fingerprint density at radius 2 is 1.69 bits per heavy atom. The van der Waals surface area contributed by atoms with Gasteiger partial charge in [0, 0.05) is 32.5 Å². The Bertz CT molecular complexity index is 716. The molecule has 8 heteroatoms. The fourth-order valence-corrected chi connectivity index (χ4v) is 3.94. The molecule has 1 fully saturated rings. The highest BCUT2D eigenvalue weighted by Gasteiger charge is 2.47. The number of hydrogen-bond acceptors (Lipinski definition) is 7. The van der Waals surface area contributed by atoms with E-state index in [4.69, 9.17) is 23.7 Å². The van der Waals surface area contributed by atoms with E-state index in [2.05, 4.69) is 0 Å². The number of methoxy groups -OCH3 is 1. The van der Waals surface area contributed by atoms with Gasteiger partial charge >= 0.3 is 12.1 Å². The lowest BCUT2D eigenvalue weighted by atomic mass is 9.97. The predicted molar refractivity (Wildman–Crippen MR) is 119 cm³/mol. The zero-order valence-electron chi connectivity index (χ0n) is 20.1. The number of hydrogen-bond donors (Lipinski definition) is 0. The van der Waals surface area contributed by atoms with Crippen molar-refractivity contribution in [1.29, 1.82) is 0 Å². The van der Waals surface area contributed by atoms with Crippen molar-refractivity contribution in [2.75, 3.05) is 7.11 Å². The van der Waals surface area contributed by atoms with E-state index in [1.807, 2.05) is 65.0 Å². The molecule has 1 aliphatic rings. The Morgan fingerprint density at radius 3 is 2.22 bits per heavy atom. The summed E-state index contributed by atoms with van der Waals surface area (Å²) in [5.41, 5.74) is 1.01. The molecular weight excluding hydrogens is 414 g/mol. The summed E-state index contributed by atoms with van der Waals surface area (Å²) in [4.78, 5) is 26.5. The summed E-state index contributed by atoms with van der Waals surface area (Å²) < 4.78 is 29.0. The van der Waals surface area contributed by atoms with Crippen LogP contribution in [0, 0.1) is 0 Å². The number of carbonyl (C=O) groups is 2. The first kappa shape index (κ1) is 26.1. The molecule has 0 saturated carbocycles. The quantitative estimate of drug-likeness (QED) is 0.526. The molecule has 1 saturated heterocycles.